The molecule has 0 fully saturated rings. The monoisotopic (exact) mass is 554 g/mol. The second kappa shape index (κ2) is 15.8. The fourth-order valence-electron chi connectivity index (χ4n) is 4.13. The predicted octanol–water partition coefficient (Wildman–Crippen LogP) is 2.32. The number of amides is 1. The van der Waals surface area contributed by atoms with Crippen molar-refractivity contribution in [1.82, 2.24) is 35.0 Å². The number of carbonyl (C=O) groups is 1. The zero-order valence-electron chi connectivity index (χ0n) is 22.9. The van der Waals surface area contributed by atoms with Gasteiger partial charge in [0.2, 0.25) is 5.91 Å². The van der Waals surface area contributed by atoms with Crippen molar-refractivity contribution in [2.45, 2.75) is 32.7 Å². The molecule has 0 bridgehead atoms. The molecule has 40 heavy (non-hydrogen) atoms. The van der Waals surface area contributed by atoms with Crippen molar-refractivity contribution in [1.29, 1.82) is 0 Å². The van der Waals surface area contributed by atoms with E-state index in [1.807, 2.05) is 29.9 Å². The number of rotatable bonds is 19. The third-order valence-electron chi connectivity index (χ3n) is 6.14. The van der Waals surface area contributed by atoms with Gasteiger partial charge in [-0.3, -0.25) is 4.79 Å². The van der Waals surface area contributed by atoms with Crippen LogP contribution in [0, 0.1) is 0 Å². The topological polar surface area (TPSA) is 164 Å². The molecule has 4 aromatic rings. The summed E-state index contributed by atoms with van der Waals surface area (Å²) in [7, 11) is 0. The number of carbonyl (C=O) groups excluding carboxylic acids is 1. The van der Waals surface area contributed by atoms with Gasteiger partial charge in [-0.05, 0) is 31.9 Å². The zero-order chi connectivity index (χ0) is 28.0. The molecule has 0 radical (unpaired) electrons. The lowest BCUT2D eigenvalue weighted by Gasteiger charge is -2.08. The van der Waals surface area contributed by atoms with Crippen LogP contribution >= 0.6 is 0 Å². The van der Waals surface area contributed by atoms with E-state index in [0.29, 0.717) is 94.9 Å². The largest absolute Gasteiger partial charge is 0.383 e. The van der Waals surface area contributed by atoms with Gasteiger partial charge in [0.05, 0.1) is 51.6 Å². The number of nitrogens with zero attached hydrogens (tertiary/aromatic N) is 5. The lowest BCUT2D eigenvalue weighted by atomic mass is 10.1. The van der Waals surface area contributed by atoms with E-state index in [1.165, 1.54) is 6.33 Å². The maximum absolute atomic E-state index is 12.1. The van der Waals surface area contributed by atoms with E-state index in [9.17, 15) is 4.79 Å². The predicted molar refractivity (Wildman–Crippen MR) is 151 cm³/mol. The first-order chi connectivity index (χ1) is 19.7. The van der Waals surface area contributed by atoms with Gasteiger partial charge in [0.15, 0.2) is 5.65 Å². The van der Waals surface area contributed by atoms with Crippen LogP contribution in [0.2, 0.25) is 0 Å². The van der Waals surface area contributed by atoms with E-state index >= 15 is 0 Å². The molecule has 4 rings (SSSR count). The molecule has 4 heterocycles. The van der Waals surface area contributed by atoms with Crippen LogP contribution in [0.1, 0.15) is 26.2 Å². The number of aryl methyl sites for hydroxylation is 1. The average molecular weight is 555 g/mol. The quantitative estimate of drug-likeness (QED) is 0.147. The van der Waals surface area contributed by atoms with Crippen LogP contribution < -0.4 is 11.1 Å². The maximum atomic E-state index is 12.1. The highest BCUT2D eigenvalue weighted by atomic mass is 16.6. The molecule has 13 heteroatoms. The number of aromatic nitrogens is 6. The zero-order valence-corrected chi connectivity index (χ0v) is 22.9. The Morgan fingerprint density at radius 1 is 1.00 bits per heavy atom. The number of pyridine rings is 1. The summed E-state index contributed by atoms with van der Waals surface area (Å²) in [6.07, 6.45) is 6.97. The average Bonchev–Trinajstić information content (AvgIpc) is 3.58. The van der Waals surface area contributed by atoms with Gasteiger partial charge in [-0.2, -0.15) is 5.10 Å². The third-order valence-corrected chi connectivity index (χ3v) is 6.14. The van der Waals surface area contributed by atoms with Crippen molar-refractivity contribution in [3.8, 4) is 11.3 Å². The van der Waals surface area contributed by atoms with Crippen LogP contribution in [0.5, 0.6) is 0 Å². The van der Waals surface area contributed by atoms with E-state index in [-0.39, 0.29) is 5.91 Å². The molecule has 0 saturated heterocycles. The molecule has 0 spiro atoms. The summed E-state index contributed by atoms with van der Waals surface area (Å²) >= 11 is 0. The summed E-state index contributed by atoms with van der Waals surface area (Å²) in [5.74, 6) is 0.340. The summed E-state index contributed by atoms with van der Waals surface area (Å²) in [6, 6.07) is 3.98. The first-order valence-electron chi connectivity index (χ1n) is 13.7. The Kier molecular flexibility index (Phi) is 11.6. The number of H-pyrrole nitrogens is 1. The van der Waals surface area contributed by atoms with Crippen molar-refractivity contribution >= 4 is 33.8 Å². The van der Waals surface area contributed by atoms with E-state index in [4.69, 9.17) is 29.8 Å². The Labute approximate surface area is 232 Å². The normalized spacial score (nSPS) is 11.5. The highest BCUT2D eigenvalue weighted by Crippen LogP contribution is 2.31. The standard InChI is InChI=1S/C27H38N8O5/c1-2-37-11-12-39-15-16-40-14-13-38-10-6-22(36)29-7-3-4-9-35-27-23(25(28)32-19-33-27)24(34-35)21-17-20-5-8-30-26(20)31-18-21/h5,8,17-19H,2-4,6-7,9-16H2,1H3,(H,29,36)(H,30,31)(H2,28,32,33). The van der Waals surface area contributed by atoms with E-state index in [1.54, 1.807) is 6.20 Å². The van der Waals surface area contributed by atoms with Gasteiger partial charge in [-0.25, -0.2) is 19.6 Å². The molecule has 4 aromatic heterocycles. The second-order valence-electron chi connectivity index (χ2n) is 9.01. The number of anilines is 1. The molecule has 0 aliphatic heterocycles. The van der Waals surface area contributed by atoms with Crippen LogP contribution in [0.4, 0.5) is 5.82 Å². The maximum Gasteiger partial charge on any atom is 0.222 e. The molecular weight excluding hydrogens is 516 g/mol. The van der Waals surface area contributed by atoms with Gasteiger partial charge in [0.25, 0.3) is 0 Å². The van der Waals surface area contributed by atoms with Crippen LogP contribution in [-0.2, 0) is 30.3 Å². The lowest BCUT2D eigenvalue weighted by Crippen LogP contribution is -2.26. The van der Waals surface area contributed by atoms with Crippen LogP contribution in [-0.4, -0.2) is 95.0 Å². The second-order valence-corrected chi connectivity index (χ2v) is 9.01. The Morgan fingerprint density at radius 3 is 2.52 bits per heavy atom. The first-order valence-corrected chi connectivity index (χ1v) is 13.7. The van der Waals surface area contributed by atoms with E-state index in [0.717, 1.165) is 29.4 Å². The first kappa shape index (κ1) is 29.3. The number of hydrogen-bond donors (Lipinski definition) is 3. The Morgan fingerprint density at radius 2 is 1.75 bits per heavy atom. The summed E-state index contributed by atoms with van der Waals surface area (Å²) in [4.78, 5) is 28.3. The third kappa shape index (κ3) is 8.42. The number of fused-ring (bicyclic) bond motifs is 2. The van der Waals surface area contributed by atoms with Gasteiger partial charge in [-0.1, -0.05) is 0 Å². The molecule has 0 aromatic carbocycles. The lowest BCUT2D eigenvalue weighted by molar-refractivity contribution is -0.122. The molecular formula is C27H38N8O5. The highest BCUT2D eigenvalue weighted by molar-refractivity contribution is 5.99. The Balaban J connectivity index is 1.12. The fourth-order valence-corrected chi connectivity index (χ4v) is 4.13. The molecule has 216 valence electrons. The number of nitrogens with one attached hydrogen (secondary N) is 2. The van der Waals surface area contributed by atoms with Gasteiger partial charge in [0, 0.05) is 49.5 Å². The minimum absolute atomic E-state index is 0.0383. The summed E-state index contributed by atoms with van der Waals surface area (Å²) < 4.78 is 23.3. The van der Waals surface area contributed by atoms with Crippen molar-refractivity contribution in [3.05, 3.63) is 30.9 Å². The fraction of sp³-hybridized carbons (Fsp3) is 0.519. The smallest absolute Gasteiger partial charge is 0.222 e. The van der Waals surface area contributed by atoms with Crippen molar-refractivity contribution in [2.24, 2.45) is 0 Å². The highest BCUT2D eigenvalue weighted by Gasteiger charge is 2.17. The molecule has 0 aliphatic carbocycles. The van der Waals surface area contributed by atoms with Crippen LogP contribution in [0.25, 0.3) is 33.3 Å². The molecule has 0 saturated carbocycles. The molecule has 13 nitrogen and oxygen atoms in total. The number of unbranched alkanes of at least 4 members (excludes halogenated alkanes) is 1. The van der Waals surface area contributed by atoms with Crippen LogP contribution in [0.15, 0.2) is 30.9 Å². The molecule has 0 atom stereocenters. The van der Waals surface area contributed by atoms with Crippen LogP contribution in [0.3, 0.4) is 0 Å². The molecule has 0 aliphatic rings. The minimum Gasteiger partial charge on any atom is -0.383 e. The van der Waals surface area contributed by atoms with E-state index < -0.39 is 0 Å². The molecule has 1 amide bonds. The van der Waals surface area contributed by atoms with Gasteiger partial charge < -0.3 is 35.0 Å². The number of ether oxygens (including phenoxy) is 4. The Hall–Kier alpha value is -3.65. The molecule has 4 N–H and O–H groups in total. The minimum atomic E-state index is -0.0383. The van der Waals surface area contributed by atoms with Gasteiger partial charge in [0.1, 0.15) is 23.5 Å². The number of nitrogen functional groups attached to an aromatic ring is 1. The number of aromatic amines is 1. The Bertz CT molecular complexity index is 1340. The molecule has 0 unspecified atom stereocenters. The summed E-state index contributed by atoms with van der Waals surface area (Å²) in [5.41, 5.74) is 9.25. The summed E-state index contributed by atoms with van der Waals surface area (Å²) in [6.45, 7) is 7.30. The van der Waals surface area contributed by atoms with Gasteiger partial charge >= 0.3 is 0 Å². The van der Waals surface area contributed by atoms with Gasteiger partial charge in [-0.15, -0.1) is 0 Å². The SMILES string of the molecule is CCOCCOCCOCCOCCC(=O)NCCCCn1nc(-c2cnc3[nH]ccc3c2)c2c(N)ncnc21. The van der Waals surface area contributed by atoms with Crippen molar-refractivity contribution < 1.29 is 23.7 Å². The number of nitrogens with two attached hydrogens (primary N) is 1. The number of hydrogen-bond acceptors (Lipinski definition) is 10. The van der Waals surface area contributed by atoms with Crippen molar-refractivity contribution in [3.63, 3.8) is 0 Å². The summed E-state index contributed by atoms with van der Waals surface area (Å²) in [5, 5.41) is 9.43. The van der Waals surface area contributed by atoms with E-state index in [2.05, 4.69) is 25.3 Å². The van der Waals surface area contributed by atoms with Crippen molar-refractivity contribution in [2.75, 3.05) is 65.1 Å².